The van der Waals surface area contributed by atoms with Gasteiger partial charge in [-0.1, -0.05) is 13.8 Å². The smallest absolute Gasteiger partial charge is 0.387 e. The van der Waals surface area contributed by atoms with Crippen molar-refractivity contribution in [2.24, 2.45) is 5.92 Å². The molecular formula is C15H19F2NO5. The van der Waals surface area contributed by atoms with Crippen LogP contribution in [0.5, 0.6) is 11.5 Å². The second-order valence-corrected chi connectivity index (χ2v) is 5.24. The van der Waals surface area contributed by atoms with Crippen LogP contribution in [0.3, 0.4) is 0 Å². The molecule has 0 aliphatic heterocycles. The molecule has 0 spiro atoms. The van der Waals surface area contributed by atoms with Crippen molar-refractivity contribution < 1.29 is 33.0 Å². The highest BCUT2D eigenvalue weighted by Crippen LogP contribution is 2.29. The van der Waals surface area contributed by atoms with Gasteiger partial charge in [0.25, 0.3) is 5.91 Å². The highest BCUT2D eigenvalue weighted by Gasteiger charge is 2.22. The number of rotatable bonds is 8. The summed E-state index contributed by atoms with van der Waals surface area (Å²) in [5.41, 5.74) is -0.00328. The molecule has 1 aromatic rings. The van der Waals surface area contributed by atoms with Gasteiger partial charge in [0.05, 0.1) is 7.11 Å². The average molecular weight is 331 g/mol. The molecule has 1 aromatic carbocycles. The van der Waals surface area contributed by atoms with Crippen LogP contribution in [0.2, 0.25) is 0 Å². The third-order valence-electron chi connectivity index (χ3n) is 2.95. The lowest BCUT2D eigenvalue weighted by Gasteiger charge is -2.17. The van der Waals surface area contributed by atoms with Gasteiger partial charge in [-0.15, -0.1) is 0 Å². The first-order chi connectivity index (χ1) is 10.7. The van der Waals surface area contributed by atoms with E-state index in [1.54, 1.807) is 0 Å². The number of amides is 1. The first kappa shape index (κ1) is 18.7. The van der Waals surface area contributed by atoms with Crippen molar-refractivity contribution in [3.63, 3.8) is 0 Å². The van der Waals surface area contributed by atoms with Crippen LogP contribution in [-0.2, 0) is 4.79 Å². The maximum Gasteiger partial charge on any atom is 0.387 e. The zero-order chi connectivity index (χ0) is 17.6. The molecule has 1 atom stereocenters. The summed E-state index contributed by atoms with van der Waals surface area (Å²) < 4.78 is 33.9. The molecule has 0 aliphatic carbocycles. The van der Waals surface area contributed by atoms with E-state index in [1.165, 1.54) is 19.2 Å². The zero-order valence-corrected chi connectivity index (χ0v) is 13.0. The van der Waals surface area contributed by atoms with E-state index in [9.17, 15) is 18.4 Å². The van der Waals surface area contributed by atoms with Gasteiger partial charge in [0, 0.05) is 5.56 Å². The number of benzene rings is 1. The van der Waals surface area contributed by atoms with E-state index in [4.69, 9.17) is 9.84 Å². The molecular weight excluding hydrogens is 312 g/mol. The highest BCUT2D eigenvalue weighted by molar-refractivity contribution is 5.97. The summed E-state index contributed by atoms with van der Waals surface area (Å²) in [5, 5.41) is 11.5. The van der Waals surface area contributed by atoms with E-state index in [1.807, 2.05) is 13.8 Å². The van der Waals surface area contributed by atoms with Crippen molar-refractivity contribution in [1.29, 1.82) is 0 Å². The number of carbonyl (C=O) groups is 2. The number of carboxylic acids is 1. The number of aliphatic carboxylic acids is 1. The van der Waals surface area contributed by atoms with Gasteiger partial charge in [-0.05, 0) is 30.5 Å². The molecule has 0 bridgehead atoms. The maximum atomic E-state index is 12.4. The minimum absolute atomic E-state index is 0.00328. The van der Waals surface area contributed by atoms with Crippen LogP contribution in [0.4, 0.5) is 8.78 Å². The van der Waals surface area contributed by atoms with Crippen LogP contribution in [0.25, 0.3) is 0 Å². The van der Waals surface area contributed by atoms with E-state index in [0.717, 1.165) is 6.07 Å². The Balaban J connectivity index is 2.96. The molecule has 2 N–H and O–H groups in total. The van der Waals surface area contributed by atoms with Crippen LogP contribution in [-0.4, -0.2) is 36.7 Å². The van der Waals surface area contributed by atoms with Crippen molar-refractivity contribution in [3.8, 4) is 11.5 Å². The third kappa shape index (κ3) is 5.72. The monoisotopic (exact) mass is 331 g/mol. The minimum atomic E-state index is -3.07. The van der Waals surface area contributed by atoms with Crippen molar-refractivity contribution in [3.05, 3.63) is 23.8 Å². The molecule has 0 saturated carbocycles. The number of halogens is 2. The zero-order valence-electron chi connectivity index (χ0n) is 13.0. The lowest BCUT2D eigenvalue weighted by atomic mass is 10.0. The van der Waals surface area contributed by atoms with E-state index >= 15 is 0 Å². The molecule has 0 heterocycles. The Kier molecular flexibility index (Phi) is 6.74. The SMILES string of the molecule is COc1ccc(C(=O)N[C@H](CC(C)C)C(=O)O)cc1OC(F)F. The predicted molar refractivity (Wildman–Crippen MR) is 78.0 cm³/mol. The fraction of sp³-hybridized carbons (Fsp3) is 0.467. The van der Waals surface area contributed by atoms with Gasteiger partial charge in [-0.2, -0.15) is 8.78 Å². The largest absolute Gasteiger partial charge is 0.493 e. The Morgan fingerprint density at radius 1 is 1.26 bits per heavy atom. The summed E-state index contributed by atoms with van der Waals surface area (Å²) in [5.74, 6) is -2.06. The second-order valence-electron chi connectivity index (χ2n) is 5.24. The van der Waals surface area contributed by atoms with Crippen molar-refractivity contribution in [1.82, 2.24) is 5.32 Å². The van der Waals surface area contributed by atoms with Gasteiger partial charge in [0.1, 0.15) is 6.04 Å². The molecule has 0 fully saturated rings. The molecule has 8 heteroatoms. The lowest BCUT2D eigenvalue weighted by Crippen LogP contribution is -2.41. The minimum Gasteiger partial charge on any atom is -0.493 e. The topological polar surface area (TPSA) is 84.9 Å². The molecule has 1 rings (SSSR count). The number of carboxylic acid groups (broad SMARTS) is 1. The number of methoxy groups -OCH3 is 1. The van der Waals surface area contributed by atoms with Crippen molar-refractivity contribution in [2.75, 3.05) is 7.11 Å². The fourth-order valence-electron chi connectivity index (χ4n) is 1.94. The number of ether oxygens (including phenoxy) is 2. The summed E-state index contributed by atoms with van der Waals surface area (Å²) >= 11 is 0. The Labute approximate surface area is 132 Å². The van der Waals surface area contributed by atoms with Gasteiger partial charge in [-0.25, -0.2) is 4.79 Å². The molecule has 0 aliphatic rings. The second kappa shape index (κ2) is 8.30. The first-order valence-electron chi connectivity index (χ1n) is 6.91. The van der Waals surface area contributed by atoms with Gasteiger partial charge in [0.15, 0.2) is 11.5 Å². The Morgan fingerprint density at radius 2 is 1.91 bits per heavy atom. The lowest BCUT2D eigenvalue weighted by molar-refractivity contribution is -0.139. The summed E-state index contributed by atoms with van der Waals surface area (Å²) in [6.07, 6.45) is 0.248. The standard InChI is InChI=1S/C15H19F2NO5/c1-8(2)6-10(14(20)21)18-13(19)9-4-5-11(22-3)12(7-9)23-15(16)17/h4-5,7-8,10,15H,6H2,1-3H3,(H,18,19)(H,20,21)/t10-/m1/s1. The quantitative estimate of drug-likeness (QED) is 0.764. The van der Waals surface area contributed by atoms with E-state index < -0.39 is 24.5 Å². The molecule has 6 nitrogen and oxygen atoms in total. The van der Waals surface area contributed by atoms with Gasteiger partial charge in [-0.3, -0.25) is 4.79 Å². The Bertz CT molecular complexity index is 563. The molecule has 1 amide bonds. The first-order valence-corrected chi connectivity index (χ1v) is 6.91. The number of alkyl halides is 2. The van der Waals surface area contributed by atoms with E-state index in [2.05, 4.69) is 10.1 Å². The number of nitrogens with one attached hydrogen (secondary N) is 1. The van der Waals surface area contributed by atoms with Crippen LogP contribution in [0, 0.1) is 5.92 Å². The average Bonchev–Trinajstić information content (AvgIpc) is 2.45. The number of carbonyl (C=O) groups excluding carboxylic acids is 1. The van der Waals surface area contributed by atoms with E-state index in [-0.39, 0.29) is 29.4 Å². The third-order valence-corrected chi connectivity index (χ3v) is 2.95. The molecule has 0 aromatic heterocycles. The molecule has 0 unspecified atom stereocenters. The summed E-state index contributed by atoms with van der Waals surface area (Å²) in [6, 6.07) is 2.64. The molecule has 23 heavy (non-hydrogen) atoms. The number of hydrogen-bond acceptors (Lipinski definition) is 4. The number of hydrogen-bond donors (Lipinski definition) is 2. The highest BCUT2D eigenvalue weighted by atomic mass is 19.3. The fourth-order valence-corrected chi connectivity index (χ4v) is 1.94. The summed E-state index contributed by atoms with van der Waals surface area (Å²) in [7, 11) is 1.27. The van der Waals surface area contributed by atoms with Gasteiger partial charge >= 0.3 is 12.6 Å². The van der Waals surface area contributed by atoms with Gasteiger partial charge < -0.3 is 19.9 Å². The maximum absolute atomic E-state index is 12.4. The van der Waals surface area contributed by atoms with E-state index in [0.29, 0.717) is 0 Å². The van der Waals surface area contributed by atoms with Crippen LogP contribution < -0.4 is 14.8 Å². The van der Waals surface area contributed by atoms with Crippen LogP contribution in [0.15, 0.2) is 18.2 Å². The van der Waals surface area contributed by atoms with Crippen LogP contribution >= 0.6 is 0 Å². The summed E-state index contributed by atoms with van der Waals surface area (Å²) in [6.45, 7) is 0.573. The predicted octanol–water partition coefficient (Wildman–Crippen LogP) is 2.53. The van der Waals surface area contributed by atoms with Crippen molar-refractivity contribution in [2.45, 2.75) is 32.9 Å². The molecule has 0 saturated heterocycles. The normalized spacial score (nSPS) is 12.1. The Hall–Kier alpha value is -2.38. The van der Waals surface area contributed by atoms with Gasteiger partial charge in [0.2, 0.25) is 0 Å². The van der Waals surface area contributed by atoms with Crippen LogP contribution in [0.1, 0.15) is 30.6 Å². The summed E-state index contributed by atoms with van der Waals surface area (Å²) in [4.78, 5) is 23.3. The Morgan fingerprint density at radius 3 is 2.39 bits per heavy atom. The van der Waals surface area contributed by atoms with Crippen molar-refractivity contribution >= 4 is 11.9 Å². The molecule has 0 radical (unpaired) electrons. The molecule has 128 valence electrons.